The molecule has 118 valence electrons. The number of rotatable bonds is 4. The lowest BCUT2D eigenvalue weighted by atomic mass is 10.2. The fourth-order valence-corrected chi connectivity index (χ4v) is 2.72. The first kappa shape index (κ1) is 16.5. The third-order valence-electron chi connectivity index (χ3n) is 4.08. The molecule has 1 N–H and O–H groups in total. The summed E-state index contributed by atoms with van der Waals surface area (Å²) in [7, 11) is -1.83. The summed E-state index contributed by atoms with van der Waals surface area (Å²) in [4.78, 5) is 3.73. The number of benzene rings is 1. The fourth-order valence-electron chi connectivity index (χ4n) is 1.69. The van der Waals surface area contributed by atoms with Crippen LogP contribution in [0.4, 0.5) is 15.8 Å². The van der Waals surface area contributed by atoms with Crippen molar-refractivity contribution in [3.63, 3.8) is 0 Å². The van der Waals surface area contributed by atoms with E-state index in [0.29, 0.717) is 5.69 Å². The van der Waals surface area contributed by atoms with Gasteiger partial charge in [-0.1, -0.05) is 20.8 Å². The Morgan fingerprint density at radius 2 is 1.73 bits per heavy atom. The van der Waals surface area contributed by atoms with Gasteiger partial charge in [0.15, 0.2) is 5.82 Å². The van der Waals surface area contributed by atoms with Gasteiger partial charge in [-0.2, -0.15) is 0 Å². The minimum atomic E-state index is -1.83. The third-order valence-corrected chi connectivity index (χ3v) is 8.44. The van der Waals surface area contributed by atoms with Gasteiger partial charge in [0.25, 0.3) is 0 Å². The van der Waals surface area contributed by atoms with Gasteiger partial charge in [-0.3, -0.25) is 4.98 Å². The summed E-state index contributed by atoms with van der Waals surface area (Å²) in [6.07, 6.45) is 2.75. The van der Waals surface area contributed by atoms with E-state index in [2.05, 4.69) is 44.2 Å². The Balaban J connectivity index is 2.10. The number of anilines is 2. The minimum absolute atomic E-state index is 0.157. The van der Waals surface area contributed by atoms with Crippen LogP contribution in [0.15, 0.2) is 42.7 Å². The number of pyridine rings is 1. The van der Waals surface area contributed by atoms with Crippen LogP contribution in [-0.4, -0.2) is 13.3 Å². The summed E-state index contributed by atoms with van der Waals surface area (Å²) in [6.45, 7) is 11.1. The predicted octanol–water partition coefficient (Wildman–Crippen LogP) is 5.35. The van der Waals surface area contributed by atoms with Gasteiger partial charge in [0.05, 0.1) is 11.9 Å². The van der Waals surface area contributed by atoms with Crippen LogP contribution in [0.3, 0.4) is 0 Å². The van der Waals surface area contributed by atoms with E-state index in [1.165, 1.54) is 6.20 Å². The lowest BCUT2D eigenvalue weighted by molar-refractivity contribution is 0.492. The first-order valence-corrected chi connectivity index (χ1v) is 10.3. The molecule has 0 aliphatic rings. The van der Waals surface area contributed by atoms with Crippen LogP contribution in [-0.2, 0) is 0 Å². The number of nitrogens with zero attached hydrogens (tertiary/aromatic N) is 1. The Morgan fingerprint density at radius 3 is 2.27 bits per heavy atom. The van der Waals surface area contributed by atoms with Crippen LogP contribution in [0.2, 0.25) is 18.1 Å². The maximum absolute atomic E-state index is 13.6. The molecule has 0 aliphatic carbocycles. The lowest BCUT2D eigenvalue weighted by Gasteiger charge is -2.36. The smallest absolute Gasteiger partial charge is 0.250 e. The van der Waals surface area contributed by atoms with Crippen molar-refractivity contribution >= 4 is 19.7 Å². The molecule has 0 amide bonds. The second-order valence-corrected chi connectivity index (χ2v) is 11.6. The highest BCUT2D eigenvalue weighted by atomic mass is 28.4. The zero-order valence-corrected chi connectivity index (χ0v) is 14.8. The van der Waals surface area contributed by atoms with E-state index in [0.717, 1.165) is 11.4 Å². The van der Waals surface area contributed by atoms with E-state index in [4.69, 9.17) is 4.43 Å². The SMILES string of the molecule is CC(C)(C)[Si](C)(C)Oc1ccc(Nc2ccncc2F)cc1. The molecule has 0 unspecified atom stereocenters. The average molecular weight is 318 g/mol. The van der Waals surface area contributed by atoms with Gasteiger partial charge in [-0.25, -0.2) is 4.39 Å². The molecule has 0 spiro atoms. The highest BCUT2D eigenvalue weighted by Gasteiger charge is 2.38. The van der Waals surface area contributed by atoms with Gasteiger partial charge < -0.3 is 9.74 Å². The van der Waals surface area contributed by atoms with Gasteiger partial charge >= 0.3 is 0 Å². The molecule has 1 aromatic carbocycles. The average Bonchev–Trinajstić information content (AvgIpc) is 2.42. The molecule has 0 aliphatic heterocycles. The molecule has 5 heteroatoms. The molecule has 1 aromatic heterocycles. The Kier molecular flexibility index (Phi) is 4.56. The van der Waals surface area contributed by atoms with Gasteiger partial charge in [-0.05, 0) is 48.5 Å². The molecule has 22 heavy (non-hydrogen) atoms. The largest absolute Gasteiger partial charge is 0.544 e. The molecule has 0 saturated carbocycles. The Hall–Kier alpha value is -1.88. The van der Waals surface area contributed by atoms with Crippen LogP contribution < -0.4 is 9.74 Å². The first-order valence-electron chi connectivity index (χ1n) is 7.35. The van der Waals surface area contributed by atoms with E-state index >= 15 is 0 Å². The van der Waals surface area contributed by atoms with Crippen LogP contribution in [0.1, 0.15) is 20.8 Å². The highest BCUT2D eigenvalue weighted by molar-refractivity contribution is 6.74. The van der Waals surface area contributed by atoms with Crippen LogP contribution in [0.25, 0.3) is 0 Å². The Morgan fingerprint density at radius 1 is 1.09 bits per heavy atom. The molecule has 0 saturated heterocycles. The van der Waals surface area contributed by atoms with Crippen LogP contribution in [0.5, 0.6) is 5.75 Å². The first-order chi connectivity index (χ1) is 10.2. The van der Waals surface area contributed by atoms with Gasteiger partial charge in [0.1, 0.15) is 5.75 Å². The third kappa shape index (κ3) is 3.85. The molecule has 3 nitrogen and oxygen atoms in total. The zero-order valence-electron chi connectivity index (χ0n) is 13.8. The number of halogens is 1. The number of hydrogen-bond donors (Lipinski definition) is 1. The van der Waals surface area contributed by atoms with Crippen molar-refractivity contribution in [1.29, 1.82) is 0 Å². The summed E-state index contributed by atoms with van der Waals surface area (Å²) in [5.74, 6) is 0.483. The Bertz CT molecular complexity index is 636. The summed E-state index contributed by atoms with van der Waals surface area (Å²) in [5, 5.41) is 3.19. The van der Waals surface area contributed by atoms with Crippen molar-refractivity contribution in [2.75, 3.05) is 5.32 Å². The van der Waals surface area contributed by atoms with E-state index < -0.39 is 8.32 Å². The van der Waals surface area contributed by atoms with E-state index in [-0.39, 0.29) is 10.9 Å². The Labute approximate surface area is 132 Å². The minimum Gasteiger partial charge on any atom is -0.544 e. The van der Waals surface area contributed by atoms with E-state index in [1.54, 1.807) is 12.3 Å². The van der Waals surface area contributed by atoms with Crippen molar-refractivity contribution in [2.24, 2.45) is 0 Å². The van der Waals surface area contributed by atoms with Crippen LogP contribution in [0, 0.1) is 5.82 Å². The van der Waals surface area contributed by atoms with Crippen molar-refractivity contribution < 1.29 is 8.82 Å². The predicted molar refractivity (Wildman–Crippen MR) is 91.7 cm³/mol. The van der Waals surface area contributed by atoms with Crippen LogP contribution >= 0.6 is 0 Å². The highest BCUT2D eigenvalue weighted by Crippen LogP contribution is 2.37. The van der Waals surface area contributed by atoms with Gasteiger partial charge in [-0.15, -0.1) is 0 Å². The zero-order chi connectivity index (χ0) is 16.4. The normalized spacial score (nSPS) is 12.1. The molecule has 1 heterocycles. The molecule has 0 bridgehead atoms. The maximum Gasteiger partial charge on any atom is 0.250 e. The van der Waals surface area contributed by atoms with E-state index in [1.807, 2.05) is 24.3 Å². The molecular weight excluding hydrogens is 295 g/mol. The summed E-state index contributed by atoms with van der Waals surface area (Å²) in [6, 6.07) is 9.23. The van der Waals surface area contributed by atoms with Crippen molar-refractivity contribution in [2.45, 2.75) is 38.9 Å². The van der Waals surface area contributed by atoms with Gasteiger partial charge in [0, 0.05) is 11.9 Å². The molecule has 2 rings (SSSR count). The number of hydrogen-bond acceptors (Lipinski definition) is 3. The van der Waals surface area contributed by atoms with E-state index in [9.17, 15) is 4.39 Å². The second kappa shape index (κ2) is 6.08. The molecule has 0 atom stereocenters. The molecule has 2 aromatic rings. The molecular formula is C17H23FN2OSi. The summed E-state index contributed by atoms with van der Waals surface area (Å²) < 4.78 is 19.8. The maximum atomic E-state index is 13.6. The van der Waals surface area contributed by atoms with Crippen molar-refractivity contribution in [3.05, 3.63) is 48.5 Å². The topological polar surface area (TPSA) is 34.1 Å². The summed E-state index contributed by atoms with van der Waals surface area (Å²) >= 11 is 0. The number of aromatic nitrogens is 1. The lowest BCUT2D eigenvalue weighted by Crippen LogP contribution is -2.43. The molecule has 0 radical (unpaired) electrons. The second-order valence-electron chi connectivity index (χ2n) is 6.87. The fraction of sp³-hybridized carbons (Fsp3) is 0.353. The monoisotopic (exact) mass is 318 g/mol. The molecule has 0 fully saturated rings. The van der Waals surface area contributed by atoms with Crippen molar-refractivity contribution in [3.8, 4) is 5.75 Å². The summed E-state index contributed by atoms with van der Waals surface area (Å²) in [5.41, 5.74) is 1.22. The quantitative estimate of drug-likeness (QED) is 0.772. The number of nitrogens with one attached hydrogen (secondary N) is 1. The van der Waals surface area contributed by atoms with Crippen molar-refractivity contribution in [1.82, 2.24) is 4.98 Å². The van der Waals surface area contributed by atoms with Gasteiger partial charge in [0.2, 0.25) is 8.32 Å². The standard InChI is InChI=1S/C17H23FN2OSi/c1-17(2,3)22(4,5)21-14-8-6-13(7-9-14)20-16-10-11-19-12-15(16)18/h6-12H,1-5H3,(H,19,20).